The van der Waals surface area contributed by atoms with Gasteiger partial charge in [-0.05, 0) is 90.7 Å². The molecule has 0 radical (unpaired) electrons. The summed E-state index contributed by atoms with van der Waals surface area (Å²) in [4.78, 5) is 44.7. The molecule has 1 unspecified atom stereocenters. The second kappa shape index (κ2) is 15.8. The molecule has 2 heterocycles. The summed E-state index contributed by atoms with van der Waals surface area (Å²) in [7, 11) is 1.27. The first-order valence-corrected chi connectivity index (χ1v) is 16.3. The summed E-state index contributed by atoms with van der Waals surface area (Å²) in [5.74, 6) is -0.907. The lowest BCUT2D eigenvalue weighted by molar-refractivity contribution is -0.142. The predicted octanol–water partition coefficient (Wildman–Crippen LogP) is 6.07. The van der Waals surface area contributed by atoms with Gasteiger partial charge in [0.05, 0.1) is 37.3 Å². The van der Waals surface area contributed by atoms with Gasteiger partial charge in [-0.15, -0.1) is 0 Å². The Hall–Kier alpha value is -5.67. The van der Waals surface area contributed by atoms with Crippen molar-refractivity contribution in [2.24, 2.45) is 0 Å². The third kappa shape index (κ3) is 8.18. The number of methoxy groups -OCH3 is 1. The van der Waals surface area contributed by atoms with Gasteiger partial charge in [0.25, 0.3) is 11.8 Å². The molecule has 244 valence electrons. The minimum Gasteiger partial charge on any atom is -0.467 e. The number of aromatic nitrogens is 2. The Labute approximate surface area is 281 Å². The number of imidazole rings is 1. The van der Waals surface area contributed by atoms with Crippen molar-refractivity contribution in [3.8, 4) is 17.4 Å². The molecule has 0 spiro atoms. The van der Waals surface area contributed by atoms with Crippen LogP contribution in [0.3, 0.4) is 0 Å². The topological polar surface area (TPSA) is 130 Å². The molecule has 0 fully saturated rings. The van der Waals surface area contributed by atoms with Crippen molar-refractivity contribution in [2.75, 3.05) is 24.0 Å². The fourth-order valence-electron chi connectivity index (χ4n) is 5.00. The van der Waals surface area contributed by atoms with Gasteiger partial charge >= 0.3 is 5.97 Å². The van der Waals surface area contributed by atoms with Gasteiger partial charge < -0.3 is 23.9 Å². The van der Waals surface area contributed by atoms with Crippen LogP contribution in [0.4, 0.5) is 10.1 Å². The highest BCUT2D eigenvalue weighted by atomic mass is 32.2. The number of hydrogen-bond acceptors (Lipinski definition) is 8. The van der Waals surface area contributed by atoms with Crippen LogP contribution in [-0.4, -0.2) is 52.5 Å². The molecule has 48 heavy (non-hydrogen) atoms. The first-order chi connectivity index (χ1) is 23.3. The Morgan fingerprint density at radius 3 is 2.54 bits per heavy atom. The van der Waals surface area contributed by atoms with Gasteiger partial charge in [-0.25, -0.2) is 14.2 Å². The van der Waals surface area contributed by atoms with E-state index in [0.717, 1.165) is 11.3 Å². The molecule has 0 saturated heterocycles. The quantitative estimate of drug-likeness (QED) is 0.150. The van der Waals surface area contributed by atoms with Crippen LogP contribution in [0.25, 0.3) is 11.3 Å². The maximum absolute atomic E-state index is 14.1. The molecule has 3 aromatic carbocycles. The smallest absolute Gasteiger partial charge is 0.328 e. The van der Waals surface area contributed by atoms with Crippen LogP contribution >= 0.6 is 11.8 Å². The molecule has 2 amide bonds. The number of nitriles is 1. The van der Waals surface area contributed by atoms with Crippen molar-refractivity contribution in [1.82, 2.24) is 14.9 Å². The van der Waals surface area contributed by atoms with E-state index >= 15 is 0 Å². The third-order valence-electron chi connectivity index (χ3n) is 7.57. The minimum atomic E-state index is -0.801. The third-order valence-corrected chi connectivity index (χ3v) is 8.21. The summed E-state index contributed by atoms with van der Waals surface area (Å²) in [5, 5.41) is 11.8. The fraction of sp³-hybridized carbons (Fsp3) is 0.194. The van der Waals surface area contributed by atoms with Gasteiger partial charge in [-0.2, -0.15) is 17.0 Å². The number of anilines is 1. The van der Waals surface area contributed by atoms with Crippen molar-refractivity contribution in [3.63, 3.8) is 0 Å². The zero-order valence-electron chi connectivity index (χ0n) is 26.3. The fourth-order valence-corrected chi connectivity index (χ4v) is 5.47. The molecule has 10 nitrogen and oxygen atoms in total. The van der Waals surface area contributed by atoms with E-state index < -0.39 is 29.6 Å². The number of amides is 2. The second-order valence-corrected chi connectivity index (χ2v) is 11.8. The van der Waals surface area contributed by atoms with Gasteiger partial charge in [-0.1, -0.05) is 18.2 Å². The second-order valence-electron chi connectivity index (χ2n) is 10.8. The van der Waals surface area contributed by atoms with E-state index in [2.05, 4.69) is 16.4 Å². The summed E-state index contributed by atoms with van der Waals surface area (Å²) >= 11 is 1.55. The maximum atomic E-state index is 14.1. The summed E-state index contributed by atoms with van der Waals surface area (Å²) < 4.78 is 26.7. The summed E-state index contributed by atoms with van der Waals surface area (Å²) in [5.41, 5.74) is 3.61. The zero-order valence-corrected chi connectivity index (χ0v) is 27.1. The van der Waals surface area contributed by atoms with Gasteiger partial charge in [0.2, 0.25) is 0 Å². The zero-order chi connectivity index (χ0) is 34.0. The lowest BCUT2D eigenvalue weighted by Gasteiger charge is -2.24. The highest BCUT2D eigenvalue weighted by Gasteiger charge is 2.24. The first-order valence-electron chi connectivity index (χ1n) is 14.9. The van der Waals surface area contributed by atoms with Crippen molar-refractivity contribution in [3.05, 3.63) is 131 Å². The molecular weight excluding hydrogens is 633 g/mol. The van der Waals surface area contributed by atoms with E-state index in [1.807, 2.05) is 23.0 Å². The summed E-state index contributed by atoms with van der Waals surface area (Å²) in [6.45, 7) is 0.599. The molecule has 1 N–H and O–H groups in total. The Kier molecular flexibility index (Phi) is 11.1. The molecule has 0 aliphatic carbocycles. The Balaban J connectivity index is 1.38. The molecule has 12 heteroatoms. The molecule has 1 atom stereocenters. The molecule has 2 aromatic heterocycles. The average molecular weight is 666 g/mol. The van der Waals surface area contributed by atoms with Crippen LogP contribution in [-0.2, 0) is 22.6 Å². The molecule has 0 saturated carbocycles. The highest BCUT2D eigenvalue weighted by Crippen LogP contribution is 2.27. The number of hydrogen-bond donors (Lipinski definition) is 1. The number of carbonyl (C=O) groups excluding carboxylic acids is 3. The monoisotopic (exact) mass is 665 g/mol. The largest absolute Gasteiger partial charge is 0.467 e. The van der Waals surface area contributed by atoms with E-state index in [4.69, 9.17) is 14.4 Å². The Bertz CT molecular complexity index is 1930. The van der Waals surface area contributed by atoms with Crippen LogP contribution in [0.2, 0.25) is 0 Å². The summed E-state index contributed by atoms with van der Waals surface area (Å²) in [6.07, 6.45) is 5.66. The van der Waals surface area contributed by atoms with Crippen molar-refractivity contribution in [2.45, 2.75) is 25.6 Å². The number of thioether (sulfide) groups is 1. The van der Waals surface area contributed by atoms with Gasteiger partial charge in [-0.3, -0.25) is 9.59 Å². The van der Waals surface area contributed by atoms with Gasteiger partial charge in [0.15, 0.2) is 5.76 Å². The average Bonchev–Trinajstić information content (AvgIpc) is 3.79. The lowest BCUT2D eigenvalue weighted by atomic mass is 10.1. The van der Waals surface area contributed by atoms with Crippen LogP contribution in [0.1, 0.15) is 44.2 Å². The molecule has 0 aliphatic heterocycles. The molecule has 5 rings (SSSR count). The first kappa shape index (κ1) is 33.7. The number of benzene rings is 3. The van der Waals surface area contributed by atoms with Crippen LogP contribution in [0.5, 0.6) is 0 Å². The number of carbonyl (C=O) groups is 3. The maximum Gasteiger partial charge on any atom is 0.328 e. The standard InChI is InChI=1S/C36H32FN5O5S/c1-46-36(45)31(16-17-48-2)40-34(43)33-15-14-32(47-33)26-10-12-29(13-11-26)42(35(44)27-4-3-5-28(37)18-27)22-30-20-39-23-41(30)21-25-8-6-24(19-38)7-9-25/h3-15,18,20,23,31H,16-17,21-22H2,1-2H3,(H,40,43). The molecule has 5 aromatic rings. The lowest BCUT2D eigenvalue weighted by Crippen LogP contribution is -2.41. The normalized spacial score (nSPS) is 11.4. The van der Waals surface area contributed by atoms with Gasteiger partial charge in [0, 0.05) is 29.6 Å². The van der Waals surface area contributed by atoms with E-state index in [-0.39, 0.29) is 17.9 Å². The van der Waals surface area contributed by atoms with Crippen molar-refractivity contribution < 1.29 is 27.9 Å². The summed E-state index contributed by atoms with van der Waals surface area (Å²) in [6, 6.07) is 24.2. The van der Waals surface area contributed by atoms with Crippen molar-refractivity contribution >= 4 is 35.2 Å². The van der Waals surface area contributed by atoms with Crippen LogP contribution < -0.4 is 10.2 Å². The molecular formula is C36H32FN5O5S. The minimum absolute atomic E-state index is 0.0329. The van der Waals surface area contributed by atoms with E-state index in [1.54, 1.807) is 72.8 Å². The van der Waals surface area contributed by atoms with Gasteiger partial charge in [0.1, 0.15) is 17.6 Å². The number of nitrogens with one attached hydrogen (secondary N) is 1. The number of rotatable bonds is 13. The number of halogens is 1. The van der Waals surface area contributed by atoms with E-state index in [1.165, 1.54) is 36.3 Å². The predicted molar refractivity (Wildman–Crippen MR) is 180 cm³/mol. The van der Waals surface area contributed by atoms with E-state index in [0.29, 0.717) is 41.3 Å². The van der Waals surface area contributed by atoms with Crippen LogP contribution in [0.15, 0.2) is 102 Å². The Morgan fingerprint density at radius 2 is 1.85 bits per heavy atom. The molecule has 0 aliphatic rings. The SMILES string of the molecule is COC(=O)C(CCSC)NC(=O)c1ccc(-c2ccc(N(Cc3cncn3Cc3ccc(C#N)cc3)C(=O)c3cccc(F)c3)cc2)o1. The molecule has 0 bridgehead atoms. The van der Waals surface area contributed by atoms with E-state index in [9.17, 15) is 18.8 Å². The number of esters is 1. The van der Waals surface area contributed by atoms with Crippen LogP contribution in [0, 0.1) is 17.1 Å². The number of furan rings is 1. The Morgan fingerprint density at radius 1 is 1.08 bits per heavy atom. The number of nitrogens with zero attached hydrogens (tertiary/aromatic N) is 4. The van der Waals surface area contributed by atoms with Crippen molar-refractivity contribution in [1.29, 1.82) is 5.26 Å². The highest BCUT2D eigenvalue weighted by molar-refractivity contribution is 7.98. The number of ether oxygens (including phenoxy) is 1.